The lowest BCUT2D eigenvalue weighted by molar-refractivity contribution is -0.136. The molecular weight excluding hydrogens is 240 g/mol. The van der Waals surface area contributed by atoms with Crippen molar-refractivity contribution in [2.45, 2.75) is 6.42 Å². The van der Waals surface area contributed by atoms with Gasteiger partial charge in [-0.3, -0.25) is 9.78 Å². The summed E-state index contributed by atoms with van der Waals surface area (Å²) in [5.41, 5.74) is -0.176. The molecule has 0 fully saturated rings. The van der Waals surface area contributed by atoms with Gasteiger partial charge in [0.05, 0.1) is 6.42 Å². The molecule has 0 atom stereocenters. The van der Waals surface area contributed by atoms with Crippen LogP contribution in [0.2, 0.25) is 0 Å². The van der Waals surface area contributed by atoms with Crippen LogP contribution in [0.4, 0.5) is 8.78 Å². The van der Waals surface area contributed by atoms with Crippen molar-refractivity contribution in [3.05, 3.63) is 53.7 Å². The van der Waals surface area contributed by atoms with Crippen molar-refractivity contribution in [1.82, 2.24) is 4.98 Å². The van der Waals surface area contributed by atoms with Gasteiger partial charge in [0.2, 0.25) is 0 Å². The Hall–Kier alpha value is -2.30. The second kappa shape index (κ2) is 4.91. The van der Waals surface area contributed by atoms with Crippen LogP contribution in [0.25, 0.3) is 11.3 Å². The summed E-state index contributed by atoms with van der Waals surface area (Å²) in [7, 11) is 0. The zero-order valence-electron chi connectivity index (χ0n) is 9.23. The van der Waals surface area contributed by atoms with Crippen LogP contribution in [0.3, 0.4) is 0 Å². The molecule has 0 aliphatic carbocycles. The molecule has 0 aliphatic heterocycles. The van der Waals surface area contributed by atoms with E-state index in [0.717, 1.165) is 0 Å². The van der Waals surface area contributed by atoms with Crippen LogP contribution in [0.1, 0.15) is 5.56 Å². The van der Waals surface area contributed by atoms with Crippen molar-refractivity contribution in [2.24, 2.45) is 0 Å². The molecule has 1 heterocycles. The number of carboxylic acid groups (broad SMARTS) is 1. The van der Waals surface area contributed by atoms with Crippen LogP contribution < -0.4 is 0 Å². The SMILES string of the molecule is O=C(O)Cc1ccnc(-c2ccccc2F)c1F. The molecule has 0 radical (unpaired) electrons. The van der Waals surface area contributed by atoms with E-state index in [0.29, 0.717) is 0 Å². The molecule has 0 saturated heterocycles. The molecule has 0 spiro atoms. The number of halogens is 2. The monoisotopic (exact) mass is 249 g/mol. The van der Waals surface area contributed by atoms with Crippen LogP contribution >= 0.6 is 0 Å². The van der Waals surface area contributed by atoms with Gasteiger partial charge < -0.3 is 5.11 Å². The van der Waals surface area contributed by atoms with Gasteiger partial charge in [0.15, 0.2) is 5.82 Å². The van der Waals surface area contributed by atoms with E-state index in [1.54, 1.807) is 6.07 Å². The molecule has 92 valence electrons. The molecule has 3 nitrogen and oxygen atoms in total. The molecule has 1 aromatic heterocycles. The molecule has 5 heteroatoms. The molecule has 0 unspecified atom stereocenters. The van der Waals surface area contributed by atoms with Crippen LogP contribution in [0, 0.1) is 11.6 Å². The van der Waals surface area contributed by atoms with Gasteiger partial charge >= 0.3 is 5.97 Å². The fraction of sp³-hybridized carbons (Fsp3) is 0.0769. The molecule has 0 aliphatic rings. The van der Waals surface area contributed by atoms with Crippen molar-refractivity contribution in [3.8, 4) is 11.3 Å². The highest BCUT2D eigenvalue weighted by Crippen LogP contribution is 2.25. The van der Waals surface area contributed by atoms with Crippen molar-refractivity contribution in [1.29, 1.82) is 0 Å². The van der Waals surface area contributed by atoms with Crippen LogP contribution in [-0.2, 0) is 11.2 Å². The lowest BCUT2D eigenvalue weighted by atomic mass is 10.1. The van der Waals surface area contributed by atoms with Gasteiger partial charge in [-0.1, -0.05) is 12.1 Å². The largest absolute Gasteiger partial charge is 0.481 e. The van der Waals surface area contributed by atoms with Crippen molar-refractivity contribution in [3.63, 3.8) is 0 Å². The van der Waals surface area contributed by atoms with E-state index >= 15 is 0 Å². The van der Waals surface area contributed by atoms with E-state index in [2.05, 4.69) is 4.98 Å². The summed E-state index contributed by atoms with van der Waals surface area (Å²) in [4.78, 5) is 14.3. The van der Waals surface area contributed by atoms with Crippen LogP contribution in [-0.4, -0.2) is 16.1 Å². The molecule has 2 rings (SSSR count). The second-order valence-electron chi connectivity index (χ2n) is 3.68. The maximum Gasteiger partial charge on any atom is 0.307 e. The molecule has 0 saturated carbocycles. The molecule has 1 N–H and O–H groups in total. The van der Waals surface area contributed by atoms with Crippen LogP contribution in [0.5, 0.6) is 0 Å². The van der Waals surface area contributed by atoms with Gasteiger partial charge in [-0.25, -0.2) is 8.78 Å². The smallest absolute Gasteiger partial charge is 0.307 e. The first-order valence-electron chi connectivity index (χ1n) is 5.19. The van der Waals surface area contributed by atoms with Gasteiger partial charge in [-0.2, -0.15) is 0 Å². The Labute approximate surface area is 102 Å². The first-order chi connectivity index (χ1) is 8.59. The van der Waals surface area contributed by atoms with Crippen molar-refractivity contribution < 1.29 is 18.7 Å². The van der Waals surface area contributed by atoms with Gasteiger partial charge in [0.25, 0.3) is 0 Å². The Morgan fingerprint density at radius 2 is 1.94 bits per heavy atom. The minimum atomic E-state index is -1.15. The average Bonchev–Trinajstić information content (AvgIpc) is 2.32. The number of hydrogen-bond donors (Lipinski definition) is 1. The van der Waals surface area contributed by atoms with E-state index in [9.17, 15) is 13.6 Å². The maximum absolute atomic E-state index is 14.0. The minimum absolute atomic E-state index is 0.0160. The number of carbonyl (C=O) groups is 1. The molecule has 18 heavy (non-hydrogen) atoms. The first-order valence-corrected chi connectivity index (χ1v) is 5.19. The highest BCUT2D eigenvalue weighted by molar-refractivity contribution is 5.71. The third-order valence-electron chi connectivity index (χ3n) is 2.44. The summed E-state index contributed by atoms with van der Waals surface area (Å²) in [6.45, 7) is 0. The predicted octanol–water partition coefficient (Wildman–Crippen LogP) is 2.65. The number of aliphatic carboxylic acids is 1. The van der Waals surface area contributed by atoms with Crippen LogP contribution in [0.15, 0.2) is 36.5 Å². The molecule has 1 aromatic carbocycles. The summed E-state index contributed by atoms with van der Waals surface area (Å²) in [6, 6.07) is 6.90. The minimum Gasteiger partial charge on any atom is -0.481 e. The average molecular weight is 249 g/mol. The number of rotatable bonds is 3. The molecule has 2 aromatic rings. The second-order valence-corrected chi connectivity index (χ2v) is 3.68. The normalized spacial score (nSPS) is 10.3. The Kier molecular flexibility index (Phi) is 3.32. The zero-order valence-corrected chi connectivity index (χ0v) is 9.23. The van der Waals surface area contributed by atoms with Gasteiger partial charge in [-0.15, -0.1) is 0 Å². The molecular formula is C13H9F2NO2. The van der Waals surface area contributed by atoms with E-state index in [-0.39, 0.29) is 16.8 Å². The number of pyridine rings is 1. The van der Waals surface area contributed by atoms with Gasteiger partial charge in [0, 0.05) is 17.3 Å². The topological polar surface area (TPSA) is 50.2 Å². The Balaban J connectivity index is 2.53. The first kappa shape index (κ1) is 12.2. The number of hydrogen-bond acceptors (Lipinski definition) is 2. The summed E-state index contributed by atoms with van der Waals surface area (Å²) in [6.07, 6.45) is 0.804. The third kappa shape index (κ3) is 2.34. The fourth-order valence-corrected chi connectivity index (χ4v) is 1.62. The molecule has 0 amide bonds. The van der Waals surface area contributed by atoms with E-state index in [4.69, 9.17) is 5.11 Å². The highest BCUT2D eigenvalue weighted by Gasteiger charge is 2.15. The lowest BCUT2D eigenvalue weighted by Crippen LogP contribution is -2.04. The summed E-state index contributed by atoms with van der Waals surface area (Å²) in [5.74, 6) is -2.55. The Morgan fingerprint density at radius 1 is 1.22 bits per heavy atom. The summed E-state index contributed by atoms with van der Waals surface area (Å²) < 4.78 is 27.5. The Morgan fingerprint density at radius 3 is 2.61 bits per heavy atom. The zero-order chi connectivity index (χ0) is 13.1. The van der Waals surface area contributed by atoms with Gasteiger partial charge in [0.1, 0.15) is 11.5 Å². The van der Waals surface area contributed by atoms with E-state index in [1.807, 2.05) is 0 Å². The van der Waals surface area contributed by atoms with E-state index < -0.39 is 24.0 Å². The molecule has 0 bridgehead atoms. The number of aromatic nitrogens is 1. The van der Waals surface area contributed by atoms with Crippen molar-refractivity contribution >= 4 is 5.97 Å². The van der Waals surface area contributed by atoms with Gasteiger partial charge in [-0.05, 0) is 18.2 Å². The number of benzene rings is 1. The summed E-state index contributed by atoms with van der Waals surface area (Å²) in [5, 5.41) is 8.65. The maximum atomic E-state index is 14.0. The standard InChI is InChI=1S/C13H9F2NO2/c14-10-4-2-1-3-9(10)13-12(15)8(5-6-16-13)7-11(17)18/h1-6H,7H2,(H,17,18). The fourth-order valence-electron chi connectivity index (χ4n) is 1.62. The third-order valence-corrected chi connectivity index (χ3v) is 2.44. The quantitative estimate of drug-likeness (QED) is 0.909. The predicted molar refractivity (Wildman–Crippen MR) is 60.9 cm³/mol. The van der Waals surface area contributed by atoms with Crippen molar-refractivity contribution in [2.75, 3.05) is 0 Å². The highest BCUT2D eigenvalue weighted by atomic mass is 19.1. The van der Waals surface area contributed by atoms with E-state index in [1.165, 1.54) is 30.5 Å². The Bertz CT molecular complexity index is 599. The number of carboxylic acids is 1. The summed E-state index contributed by atoms with van der Waals surface area (Å²) >= 11 is 0. The lowest BCUT2D eigenvalue weighted by Gasteiger charge is -2.06. The number of nitrogens with zero attached hydrogens (tertiary/aromatic N) is 1.